The molecule has 0 aliphatic heterocycles. The lowest BCUT2D eigenvalue weighted by atomic mass is 10.1. The first-order valence-electron chi connectivity index (χ1n) is 10.9. The molecule has 0 spiro atoms. The number of carbonyl (C=O) groups is 1. The van der Waals surface area contributed by atoms with Gasteiger partial charge in [-0.15, -0.1) is 0 Å². The Kier molecular flexibility index (Phi) is 9.14. The molecule has 1 heterocycles. The molecule has 1 aromatic heterocycles. The average molecular weight is 505 g/mol. The Morgan fingerprint density at radius 3 is 2.46 bits per heavy atom. The topological polar surface area (TPSA) is 53.4 Å². The van der Waals surface area contributed by atoms with Gasteiger partial charge in [-0.25, -0.2) is 0 Å². The fourth-order valence-corrected chi connectivity index (χ4v) is 3.42. The zero-order valence-electron chi connectivity index (χ0n) is 19.0. The predicted molar refractivity (Wildman–Crippen MR) is 128 cm³/mol. The van der Waals surface area contributed by atoms with Crippen LogP contribution in [0.5, 0.6) is 11.6 Å². The van der Waals surface area contributed by atoms with Crippen molar-refractivity contribution in [1.29, 1.82) is 0 Å². The smallest absolute Gasteiger partial charge is 0.435 e. The van der Waals surface area contributed by atoms with E-state index in [1.165, 1.54) is 6.92 Å². The molecule has 0 unspecified atom stereocenters. The highest BCUT2D eigenvalue weighted by molar-refractivity contribution is 6.32. The van der Waals surface area contributed by atoms with Crippen LogP contribution in [0.2, 0.25) is 5.02 Å². The predicted octanol–water partition coefficient (Wildman–Crippen LogP) is 6.98. The van der Waals surface area contributed by atoms with Crippen LogP contribution in [-0.4, -0.2) is 22.7 Å². The summed E-state index contributed by atoms with van der Waals surface area (Å²) in [6, 6.07) is 14.9. The van der Waals surface area contributed by atoms with E-state index in [-0.39, 0.29) is 17.5 Å². The van der Waals surface area contributed by atoms with Crippen LogP contribution in [0.1, 0.15) is 31.0 Å². The Morgan fingerprint density at radius 2 is 1.83 bits per heavy atom. The third kappa shape index (κ3) is 7.48. The first kappa shape index (κ1) is 26.1. The number of para-hydroxylation sites is 1. The molecule has 0 atom stereocenters. The minimum atomic E-state index is -4.59. The van der Waals surface area contributed by atoms with E-state index in [4.69, 9.17) is 25.9 Å². The van der Waals surface area contributed by atoms with E-state index in [0.29, 0.717) is 12.1 Å². The third-order valence-corrected chi connectivity index (χ3v) is 5.13. The summed E-state index contributed by atoms with van der Waals surface area (Å²) in [5, 5.41) is 3.93. The molecule has 4 rings (SSSR count). The number of hydrogen-bond acceptors (Lipinski definition) is 4. The average Bonchev–Trinajstić information content (AvgIpc) is 3.26. The summed E-state index contributed by atoms with van der Waals surface area (Å²) in [5.74, 6) is 1.51. The highest BCUT2D eigenvalue weighted by atomic mass is 35.5. The molecule has 0 fully saturated rings. The molecule has 9 heteroatoms. The van der Waals surface area contributed by atoms with Gasteiger partial charge in [0.25, 0.3) is 0 Å². The maximum absolute atomic E-state index is 13.2. The number of halogens is 4. The van der Waals surface area contributed by atoms with Gasteiger partial charge in [-0.05, 0) is 61.7 Å². The zero-order valence-corrected chi connectivity index (χ0v) is 19.7. The minimum Gasteiger partial charge on any atom is -0.477 e. The summed E-state index contributed by atoms with van der Waals surface area (Å²) < 4.78 is 52.2. The standard InChI is InChI=1S/C24H20ClF3N2O2.C2H4O/c25-20-8-4-5-9-21(20)30-23(16-22(29-30)24(26,27)28)31-15-14-17-10-12-19(13-11-17)32-18-6-2-1-3-7-18;1-2-3/h2,4-13,16H,1,3,14-15H2;2H,1H3. The van der Waals surface area contributed by atoms with Crippen LogP contribution < -0.4 is 9.47 Å². The number of carbonyl (C=O) groups excluding carboxylic acids is 1. The first-order chi connectivity index (χ1) is 16.8. The Hall–Kier alpha value is -3.52. The number of aromatic nitrogens is 2. The summed E-state index contributed by atoms with van der Waals surface area (Å²) in [4.78, 5) is 8.81. The van der Waals surface area contributed by atoms with Crippen molar-refractivity contribution in [3.63, 3.8) is 0 Å². The molecule has 0 saturated heterocycles. The minimum absolute atomic E-state index is 0.0265. The fraction of sp³-hybridized carbons (Fsp3) is 0.231. The lowest BCUT2D eigenvalue weighted by Crippen LogP contribution is -2.08. The van der Waals surface area contributed by atoms with Gasteiger partial charge in [0.05, 0.1) is 17.3 Å². The van der Waals surface area contributed by atoms with Crippen LogP contribution in [0.3, 0.4) is 0 Å². The van der Waals surface area contributed by atoms with Gasteiger partial charge in [0.15, 0.2) is 5.69 Å². The molecule has 0 N–H and O–H groups in total. The van der Waals surface area contributed by atoms with E-state index in [0.717, 1.165) is 46.9 Å². The molecule has 0 bridgehead atoms. The van der Waals surface area contributed by atoms with Gasteiger partial charge in [0, 0.05) is 12.5 Å². The van der Waals surface area contributed by atoms with Crippen molar-refractivity contribution in [3.8, 4) is 17.3 Å². The lowest BCUT2D eigenvalue weighted by molar-refractivity contribution is -0.141. The van der Waals surface area contributed by atoms with Gasteiger partial charge in [-0.3, -0.25) is 0 Å². The van der Waals surface area contributed by atoms with E-state index >= 15 is 0 Å². The van der Waals surface area contributed by atoms with E-state index in [2.05, 4.69) is 11.2 Å². The Bertz CT molecular complexity index is 1190. The van der Waals surface area contributed by atoms with Crippen molar-refractivity contribution in [2.45, 2.75) is 32.4 Å². The van der Waals surface area contributed by atoms with E-state index < -0.39 is 11.9 Å². The summed E-state index contributed by atoms with van der Waals surface area (Å²) in [6.07, 6.45) is 4.69. The molecular formula is C26H24ClF3N2O3. The van der Waals surface area contributed by atoms with Gasteiger partial charge < -0.3 is 14.3 Å². The monoisotopic (exact) mass is 504 g/mol. The van der Waals surface area contributed by atoms with Crippen molar-refractivity contribution in [2.75, 3.05) is 6.61 Å². The van der Waals surface area contributed by atoms with Crippen LogP contribution in [0.4, 0.5) is 13.2 Å². The fourth-order valence-electron chi connectivity index (χ4n) is 3.20. The number of benzene rings is 2. The van der Waals surface area contributed by atoms with Crippen LogP contribution in [0.25, 0.3) is 5.69 Å². The van der Waals surface area contributed by atoms with Gasteiger partial charge in [-0.1, -0.05) is 41.9 Å². The molecule has 2 aromatic carbocycles. The van der Waals surface area contributed by atoms with Crippen LogP contribution in [-0.2, 0) is 17.4 Å². The zero-order chi connectivity index (χ0) is 25.3. The number of rotatable bonds is 7. The van der Waals surface area contributed by atoms with Crippen LogP contribution in [0.15, 0.2) is 78.6 Å². The van der Waals surface area contributed by atoms with Gasteiger partial charge in [0.1, 0.15) is 17.8 Å². The van der Waals surface area contributed by atoms with E-state index in [1.54, 1.807) is 24.3 Å². The van der Waals surface area contributed by atoms with Crippen molar-refractivity contribution in [3.05, 3.63) is 94.9 Å². The third-order valence-electron chi connectivity index (χ3n) is 4.81. The van der Waals surface area contributed by atoms with Crippen molar-refractivity contribution >= 4 is 17.9 Å². The van der Waals surface area contributed by atoms with Crippen LogP contribution in [0, 0.1) is 0 Å². The molecule has 3 aromatic rings. The largest absolute Gasteiger partial charge is 0.477 e. The number of alkyl halides is 3. The maximum atomic E-state index is 13.2. The second-order valence-electron chi connectivity index (χ2n) is 7.40. The van der Waals surface area contributed by atoms with Crippen molar-refractivity contribution in [2.24, 2.45) is 0 Å². The molecule has 0 saturated carbocycles. The van der Waals surface area contributed by atoms with Crippen LogP contribution >= 0.6 is 11.6 Å². The quantitative estimate of drug-likeness (QED) is 0.326. The molecule has 35 heavy (non-hydrogen) atoms. The Balaban J connectivity index is 0.00000108. The molecule has 5 nitrogen and oxygen atoms in total. The number of ether oxygens (including phenoxy) is 2. The van der Waals surface area contributed by atoms with Gasteiger partial charge >= 0.3 is 6.18 Å². The molecule has 1 aliphatic carbocycles. The van der Waals surface area contributed by atoms with Gasteiger partial charge in [-0.2, -0.15) is 23.0 Å². The van der Waals surface area contributed by atoms with E-state index in [9.17, 15) is 13.2 Å². The molecule has 184 valence electrons. The number of nitrogens with zero attached hydrogens (tertiary/aromatic N) is 2. The molecule has 1 aliphatic rings. The highest BCUT2D eigenvalue weighted by Crippen LogP contribution is 2.33. The Morgan fingerprint density at radius 1 is 1.11 bits per heavy atom. The summed E-state index contributed by atoms with van der Waals surface area (Å²) >= 11 is 6.15. The van der Waals surface area contributed by atoms with E-state index in [1.807, 2.05) is 36.4 Å². The lowest BCUT2D eigenvalue weighted by Gasteiger charge is -2.11. The molecule has 0 amide bonds. The van der Waals surface area contributed by atoms with Crippen molar-refractivity contribution in [1.82, 2.24) is 9.78 Å². The second kappa shape index (κ2) is 12.3. The van der Waals surface area contributed by atoms with Gasteiger partial charge in [0.2, 0.25) is 5.88 Å². The summed E-state index contributed by atoms with van der Waals surface area (Å²) in [6.45, 7) is 1.61. The first-order valence-corrected chi connectivity index (χ1v) is 11.3. The van der Waals surface area contributed by atoms with Crippen molar-refractivity contribution < 1.29 is 27.4 Å². The summed E-state index contributed by atoms with van der Waals surface area (Å²) in [5.41, 5.74) is 0.234. The second-order valence-corrected chi connectivity index (χ2v) is 7.80. The number of aldehydes is 1. The number of allylic oxidation sites excluding steroid dienone is 3. The normalized spacial score (nSPS) is 12.9. The Labute approximate surface area is 206 Å². The molecular weight excluding hydrogens is 481 g/mol. The maximum Gasteiger partial charge on any atom is 0.435 e. The molecule has 0 radical (unpaired) electrons. The summed E-state index contributed by atoms with van der Waals surface area (Å²) in [7, 11) is 0. The SMILES string of the molecule is CC=O.FC(F)(F)c1cc(OCCc2ccc(OC3=CCCC=C3)cc2)n(-c2ccccc2Cl)n1. The number of hydrogen-bond donors (Lipinski definition) is 0. The highest BCUT2D eigenvalue weighted by Gasteiger charge is 2.35.